The minimum atomic E-state index is 0.380. The van der Waals surface area contributed by atoms with E-state index in [9.17, 15) is 0 Å². The van der Waals surface area contributed by atoms with Crippen LogP contribution in [0.15, 0.2) is 18.3 Å². The number of morpholine rings is 1. The summed E-state index contributed by atoms with van der Waals surface area (Å²) in [6, 6.07) is 4.52. The van der Waals surface area contributed by atoms with Gasteiger partial charge in [0.2, 0.25) is 0 Å². The summed E-state index contributed by atoms with van der Waals surface area (Å²) >= 11 is 0. The molecule has 2 aromatic heterocycles. The number of fused-ring (bicyclic) bond motifs is 1. The van der Waals surface area contributed by atoms with Gasteiger partial charge in [-0.25, -0.2) is 4.98 Å². The van der Waals surface area contributed by atoms with Gasteiger partial charge >= 0.3 is 0 Å². The predicted octanol–water partition coefficient (Wildman–Crippen LogP) is 1.19. The molecule has 1 aliphatic rings. The number of aromatic nitrogens is 3. The quantitative estimate of drug-likeness (QED) is 0.741. The Morgan fingerprint density at radius 2 is 2.29 bits per heavy atom. The maximum Gasteiger partial charge on any atom is 0.129 e. The molecule has 2 aromatic rings. The summed E-state index contributed by atoms with van der Waals surface area (Å²) in [6.07, 6.45) is 1.81. The number of hydrogen-bond donors (Lipinski definition) is 0. The van der Waals surface area contributed by atoms with Crippen molar-refractivity contribution in [1.29, 1.82) is 0 Å². The lowest BCUT2D eigenvalue weighted by atomic mass is 10.2. The SMILES string of the molecule is C[C@@H]1COCCN1c1ccc2c(cnn2C)n1. The van der Waals surface area contributed by atoms with Crippen molar-refractivity contribution in [2.75, 3.05) is 24.7 Å². The number of aryl methyl sites for hydroxylation is 1. The fourth-order valence-corrected chi connectivity index (χ4v) is 2.26. The van der Waals surface area contributed by atoms with Crippen LogP contribution >= 0.6 is 0 Å². The third-order valence-electron chi connectivity index (χ3n) is 3.25. The number of ether oxygens (including phenoxy) is 1. The average Bonchev–Trinajstić information content (AvgIpc) is 2.71. The smallest absolute Gasteiger partial charge is 0.129 e. The Labute approximate surface area is 100.0 Å². The first-order valence-corrected chi connectivity index (χ1v) is 5.89. The Bertz CT molecular complexity index is 536. The normalized spacial score (nSPS) is 21.1. The lowest BCUT2D eigenvalue weighted by molar-refractivity contribution is 0.0986. The first-order valence-electron chi connectivity index (χ1n) is 5.89. The van der Waals surface area contributed by atoms with E-state index in [1.165, 1.54) is 0 Å². The molecule has 0 amide bonds. The summed E-state index contributed by atoms with van der Waals surface area (Å²) in [4.78, 5) is 6.94. The molecule has 3 heterocycles. The lowest BCUT2D eigenvalue weighted by Crippen LogP contribution is -2.44. The third kappa shape index (κ3) is 1.76. The standard InChI is InChI=1S/C12H16N4O/c1-9-8-17-6-5-16(9)12-4-3-11-10(14-12)7-13-15(11)2/h3-4,7,9H,5-6,8H2,1-2H3/t9-/m1/s1. The van der Waals surface area contributed by atoms with E-state index >= 15 is 0 Å². The summed E-state index contributed by atoms with van der Waals surface area (Å²) in [5.74, 6) is 1.02. The average molecular weight is 232 g/mol. The minimum Gasteiger partial charge on any atom is -0.377 e. The number of nitrogens with zero attached hydrogens (tertiary/aromatic N) is 4. The van der Waals surface area contributed by atoms with Crippen molar-refractivity contribution in [2.45, 2.75) is 13.0 Å². The van der Waals surface area contributed by atoms with Crippen LogP contribution in [-0.4, -0.2) is 40.6 Å². The van der Waals surface area contributed by atoms with Gasteiger partial charge in [0.1, 0.15) is 11.3 Å². The van der Waals surface area contributed by atoms with Crippen LogP contribution in [0.4, 0.5) is 5.82 Å². The van der Waals surface area contributed by atoms with E-state index in [-0.39, 0.29) is 0 Å². The van der Waals surface area contributed by atoms with Crippen LogP contribution in [0.2, 0.25) is 0 Å². The molecule has 0 N–H and O–H groups in total. The Kier molecular flexibility index (Phi) is 2.48. The second kappa shape index (κ2) is 4.00. The summed E-state index contributed by atoms with van der Waals surface area (Å²) in [5, 5.41) is 4.21. The highest BCUT2D eigenvalue weighted by molar-refractivity contribution is 5.76. The van der Waals surface area contributed by atoms with Crippen LogP contribution in [0.3, 0.4) is 0 Å². The Hall–Kier alpha value is -1.62. The zero-order chi connectivity index (χ0) is 11.8. The zero-order valence-electron chi connectivity index (χ0n) is 10.1. The fraction of sp³-hybridized carbons (Fsp3) is 0.500. The molecule has 90 valence electrons. The van der Waals surface area contributed by atoms with E-state index in [4.69, 9.17) is 4.74 Å². The molecule has 1 fully saturated rings. The number of hydrogen-bond acceptors (Lipinski definition) is 4. The fourth-order valence-electron chi connectivity index (χ4n) is 2.26. The summed E-state index contributed by atoms with van der Waals surface area (Å²) < 4.78 is 7.28. The van der Waals surface area contributed by atoms with Gasteiger partial charge in [-0.15, -0.1) is 0 Å². The molecule has 0 aromatic carbocycles. The van der Waals surface area contributed by atoms with Crippen molar-refractivity contribution in [3.8, 4) is 0 Å². The van der Waals surface area contributed by atoms with Gasteiger partial charge in [0.25, 0.3) is 0 Å². The molecule has 0 spiro atoms. The topological polar surface area (TPSA) is 43.2 Å². The molecule has 1 saturated heterocycles. The van der Waals surface area contributed by atoms with Crippen molar-refractivity contribution in [3.05, 3.63) is 18.3 Å². The largest absolute Gasteiger partial charge is 0.377 e. The van der Waals surface area contributed by atoms with Gasteiger partial charge in [-0.1, -0.05) is 0 Å². The van der Waals surface area contributed by atoms with Gasteiger partial charge in [-0.05, 0) is 19.1 Å². The van der Waals surface area contributed by atoms with Crippen LogP contribution in [0, 0.1) is 0 Å². The van der Waals surface area contributed by atoms with E-state index in [0.717, 1.165) is 36.6 Å². The van der Waals surface area contributed by atoms with E-state index < -0.39 is 0 Å². The molecule has 0 saturated carbocycles. The van der Waals surface area contributed by atoms with Gasteiger partial charge in [0.05, 0.1) is 31.0 Å². The van der Waals surface area contributed by atoms with Crippen LogP contribution < -0.4 is 4.90 Å². The first-order chi connectivity index (χ1) is 8.25. The highest BCUT2D eigenvalue weighted by Gasteiger charge is 2.20. The maximum absolute atomic E-state index is 5.44. The van der Waals surface area contributed by atoms with E-state index in [0.29, 0.717) is 6.04 Å². The van der Waals surface area contributed by atoms with Crippen LogP contribution in [-0.2, 0) is 11.8 Å². The molecule has 5 nitrogen and oxygen atoms in total. The highest BCUT2D eigenvalue weighted by atomic mass is 16.5. The Morgan fingerprint density at radius 3 is 3.12 bits per heavy atom. The van der Waals surface area contributed by atoms with Crippen molar-refractivity contribution in [2.24, 2.45) is 7.05 Å². The third-order valence-corrected chi connectivity index (χ3v) is 3.25. The lowest BCUT2D eigenvalue weighted by Gasteiger charge is -2.34. The van der Waals surface area contributed by atoms with E-state index in [2.05, 4.69) is 34.0 Å². The van der Waals surface area contributed by atoms with Gasteiger partial charge in [0.15, 0.2) is 0 Å². The van der Waals surface area contributed by atoms with Crippen molar-refractivity contribution < 1.29 is 4.74 Å². The van der Waals surface area contributed by atoms with Gasteiger partial charge in [0, 0.05) is 13.6 Å². The molecule has 0 unspecified atom stereocenters. The summed E-state index contributed by atoms with van der Waals surface area (Å²) in [7, 11) is 1.93. The van der Waals surface area contributed by atoms with Crippen molar-refractivity contribution in [3.63, 3.8) is 0 Å². The highest BCUT2D eigenvalue weighted by Crippen LogP contribution is 2.20. The Morgan fingerprint density at radius 1 is 1.41 bits per heavy atom. The van der Waals surface area contributed by atoms with Crippen LogP contribution in [0.1, 0.15) is 6.92 Å². The second-order valence-corrected chi connectivity index (χ2v) is 4.46. The molecule has 0 aliphatic carbocycles. The monoisotopic (exact) mass is 232 g/mol. The van der Waals surface area contributed by atoms with E-state index in [1.54, 1.807) is 0 Å². The van der Waals surface area contributed by atoms with Gasteiger partial charge in [-0.3, -0.25) is 4.68 Å². The molecule has 0 bridgehead atoms. The number of pyridine rings is 1. The summed E-state index contributed by atoms with van der Waals surface area (Å²) in [5.41, 5.74) is 2.01. The minimum absolute atomic E-state index is 0.380. The summed E-state index contributed by atoms with van der Waals surface area (Å²) in [6.45, 7) is 4.61. The molecular formula is C12H16N4O. The molecule has 1 aliphatic heterocycles. The number of anilines is 1. The van der Waals surface area contributed by atoms with Crippen molar-refractivity contribution >= 4 is 16.9 Å². The molecule has 3 rings (SSSR count). The number of rotatable bonds is 1. The van der Waals surface area contributed by atoms with Gasteiger partial charge < -0.3 is 9.64 Å². The van der Waals surface area contributed by atoms with Gasteiger partial charge in [-0.2, -0.15) is 5.10 Å². The predicted molar refractivity (Wildman–Crippen MR) is 66.1 cm³/mol. The molecule has 17 heavy (non-hydrogen) atoms. The first kappa shape index (κ1) is 10.5. The zero-order valence-corrected chi connectivity index (χ0v) is 10.1. The molecule has 1 atom stereocenters. The Balaban J connectivity index is 1.99. The maximum atomic E-state index is 5.44. The molecule has 5 heteroatoms. The van der Waals surface area contributed by atoms with Crippen LogP contribution in [0.25, 0.3) is 11.0 Å². The second-order valence-electron chi connectivity index (χ2n) is 4.46. The molecule has 0 radical (unpaired) electrons. The van der Waals surface area contributed by atoms with Crippen LogP contribution in [0.5, 0.6) is 0 Å². The van der Waals surface area contributed by atoms with E-state index in [1.807, 2.05) is 17.9 Å². The van der Waals surface area contributed by atoms with Crippen molar-refractivity contribution in [1.82, 2.24) is 14.8 Å². The molecular weight excluding hydrogens is 216 g/mol.